The van der Waals surface area contributed by atoms with Crippen LogP contribution in [-0.2, 0) is 17.8 Å². The summed E-state index contributed by atoms with van der Waals surface area (Å²) in [5, 5.41) is 3.18. The maximum atomic E-state index is 12.4. The van der Waals surface area contributed by atoms with Gasteiger partial charge in [0.15, 0.2) is 0 Å². The van der Waals surface area contributed by atoms with Crippen molar-refractivity contribution < 1.29 is 4.79 Å². The van der Waals surface area contributed by atoms with Crippen molar-refractivity contribution in [2.75, 3.05) is 19.6 Å². The molecule has 0 unspecified atom stereocenters. The van der Waals surface area contributed by atoms with Crippen molar-refractivity contribution in [3.63, 3.8) is 0 Å². The first-order valence-electron chi connectivity index (χ1n) is 9.13. The van der Waals surface area contributed by atoms with Crippen LogP contribution < -0.4 is 5.32 Å². The molecule has 5 nitrogen and oxygen atoms in total. The fourth-order valence-electron chi connectivity index (χ4n) is 3.34. The second-order valence-corrected chi connectivity index (χ2v) is 6.87. The molecule has 1 aromatic heterocycles. The van der Waals surface area contributed by atoms with Gasteiger partial charge in [-0.2, -0.15) is 0 Å². The van der Waals surface area contributed by atoms with Crippen LogP contribution in [0.25, 0.3) is 0 Å². The smallest absolute Gasteiger partial charge is 0.224 e. The van der Waals surface area contributed by atoms with Crippen molar-refractivity contribution in [2.45, 2.75) is 65.5 Å². The van der Waals surface area contributed by atoms with Gasteiger partial charge in [0, 0.05) is 37.9 Å². The summed E-state index contributed by atoms with van der Waals surface area (Å²) < 4.78 is 2.09. The topological polar surface area (TPSA) is 50.2 Å². The molecular formula is C18H32N4O. The van der Waals surface area contributed by atoms with E-state index in [1.807, 2.05) is 19.3 Å². The molecule has 1 saturated heterocycles. The normalized spacial score (nSPS) is 19.1. The quantitative estimate of drug-likeness (QED) is 0.839. The van der Waals surface area contributed by atoms with Gasteiger partial charge in [0.05, 0.1) is 5.92 Å². The predicted molar refractivity (Wildman–Crippen MR) is 93.3 cm³/mol. The zero-order chi connectivity index (χ0) is 16.7. The highest BCUT2D eigenvalue weighted by Gasteiger charge is 2.19. The lowest BCUT2D eigenvalue weighted by atomic mass is 10.1. The van der Waals surface area contributed by atoms with E-state index in [1.165, 1.54) is 38.8 Å². The summed E-state index contributed by atoms with van der Waals surface area (Å²) in [5.41, 5.74) is 0. The Bertz CT molecular complexity index is 477. The molecule has 1 aliphatic rings. The van der Waals surface area contributed by atoms with Crippen molar-refractivity contribution >= 4 is 5.91 Å². The van der Waals surface area contributed by atoms with E-state index in [1.54, 1.807) is 0 Å². The number of nitrogens with zero attached hydrogens (tertiary/aromatic N) is 3. The average Bonchev–Trinajstić information content (AvgIpc) is 2.81. The number of nitrogens with one attached hydrogen (secondary N) is 1. The number of carbonyl (C=O) groups is 1. The summed E-state index contributed by atoms with van der Waals surface area (Å²) in [6.07, 6.45) is 9.94. The molecule has 1 aliphatic heterocycles. The highest BCUT2D eigenvalue weighted by atomic mass is 16.1. The van der Waals surface area contributed by atoms with Gasteiger partial charge in [0.2, 0.25) is 5.91 Å². The van der Waals surface area contributed by atoms with Gasteiger partial charge in [-0.15, -0.1) is 0 Å². The number of hydrogen-bond donors (Lipinski definition) is 1. The minimum atomic E-state index is -0.0407. The van der Waals surface area contributed by atoms with Gasteiger partial charge < -0.3 is 14.8 Å². The van der Waals surface area contributed by atoms with Crippen LogP contribution in [0.2, 0.25) is 0 Å². The van der Waals surface area contributed by atoms with Gasteiger partial charge >= 0.3 is 0 Å². The Labute approximate surface area is 140 Å². The molecule has 23 heavy (non-hydrogen) atoms. The molecule has 1 aromatic rings. The van der Waals surface area contributed by atoms with Crippen LogP contribution in [-0.4, -0.2) is 46.0 Å². The van der Waals surface area contributed by atoms with Crippen LogP contribution in [0.4, 0.5) is 0 Å². The molecule has 2 atom stereocenters. The highest BCUT2D eigenvalue weighted by molar-refractivity contribution is 5.78. The van der Waals surface area contributed by atoms with Crippen LogP contribution in [0.1, 0.15) is 52.3 Å². The van der Waals surface area contributed by atoms with E-state index >= 15 is 0 Å². The first kappa shape index (κ1) is 18.0. The number of imidazole rings is 1. The molecule has 0 aliphatic carbocycles. The third kappa shape index (κ3) is 5.65. The van der Waals surface area contributed by atoms with Crippen molar-refractivity contribution in [1.82, 2.24) is 19.8 Å². The molecule has 0 aromatic carbocycles. The third-order valence-corrected chi connectivity index (χ3v) is 4.66. The standard InChI is InChI=1S/C18H32N4O/c1-4-17-19-9-12-22(17)13-15(2)18(23)20-16(3)14-21-10-7-5-6-8-11-21/h9,12,15-16H,4-8,10-11,13-14H2,1-3H3,(H,20,23)/t15-,16-/m0/s1. The monoisotopic (exact) mass is 320 g/mol. The molecule has 0 saturated carbocycles. The Morgan fingerprint density at radius 3 is 2.57 bits per heavy atom. The SMILES string of the molecule is CCc1nccn1C[C@H](C)C(=O)N[C@@H](C)CN1CCCCCC1. The molecule has 2 rings (SSSR count). The second-order valence-electron chi connectivity index (χ2n) is 6.87. The molecule has 5 heteroatoms. The summed E-state index contributed by atoms with van der Waals surface area (Å²) in [4.78, 5) is 19.2. The predicted octanol–water partition coefficient (Wildman–Crippen LogP) is 2.46. The van der Waals surface area contributed by atoms with Crippen LogP contribution in [0.3, 0.4) is 0 Å². The van der Waals surface area contributed by atoms with E-state index in [0.29, 0.717) is 6.54 Å². The van der Waals surface area contributed by atoms with Crippen LogP contribution in [0.5, 0.6) is 0 Å². The first-order valence-corrected chi connectivity index (χ1v) is 9.13. The molecule has 1 amide bonds. The Morgan fingerprint density at radius 2 is 1.91 bits per heavy atom. The fourth-order valence-corrected chi connectivity index (χ4v) is 3.34. The molecule has 1 fully saturated rings. The maximum absolute atomic E-state index is 12.4. The maximum Gasteiger partial charge on any atom is 0.224 e. The second kappa shape index (κ2) is 9.06. The van der Waals surface area contributed by atoms with E-state index < -0.39 is 0 Å². The molecular weight excluding hydrogens is 288 g/mol. The van der Waals surface area contributed by atoms with E-state index in [-0.39, 0.29) is 17.9 Å². The number of hydrogen-bond acceptors (Lipinski definition) is 3. The lowest BCUT2D eigenvalue weighted by molar-refractivity contribution is -0.125. The summed E-state index contributed by atoms with van der Waals surface area (Å²) in [6.45, 7) is 10.2. The highest BCUT2D eigenvalue weighted by Crippen LogP contribution is 2.10. The molecule has 130 valence electrons. The van der Waals surface area contributed by atoms with Gasteiger partial charge in [0.1, 0.15) is 5.82 Å². The zero-order valence-electron chi connectivity index (χ0n) is 14.9. The Hall–Kier alpha value is -1.36. The number of aryl methyl sites for hydroxylation is 1. The summed E-state index contributed by atoms with van der Waals surface area (Å²) >= 11 is 0. The van der Waals surface area contributed by atoms with Crippen molar-refractivity contribution in [3.05, 3.63) is 18.2 Å². The first-order chi connectivity index (χ1) is 11.1. The summed E-state index contributed by atoms with van der Waals surface area (Å²) in [7, 11) is 0. The Balaban J connectivity index is 1.78. The molecule has 0 bridgehead atoms. The molecule has 2 heterocycles. The van der Waals surface area contributed by atoms with Crippen LogP contribution in [0.15, 0.2) is 12.4 Å². The summed E-state index contributed by atoms with van der Waals surface area (Å²) in [6, 6.07) is 0.205. The van der Waals surface area contributed by atoms with E-state index in [0.717, 1.165) is 18.8 Å². The van der Waals surface area contributed by atoms with E-state index in [2.05, 4.69) is 33.6 Å². The largest absolute Gasteiger partial charge is 0.352 e. The van der Waals surface area contributed by atoms with Crippen molar-refractivity contribution in [3.8, 4) is 0 Å². The fraction of sp³-hybridized carbons (Fsp3) is 0.778. The lowest BCUT2D eigenvalue weighted by Crippen LogP contribution is -2.44. The van der Waals surface area contributed by atoms with Gasteiger partial charge in [-0.3, -0.25) is 4.79 Å². The number of rotatable bonds is 7. The van der Waals surface area contributed by atoms with Gasteiger partial charge in [-0.05, 0) is 32.9 Å². The number of likely N-dealkylation sites (tertiary alicyclic amines) is 1. The summed E-state index contributed by atoms with van der Waals surface area (Å²) in [5.74, 6) is 1.14. The molecule has 1 N–H and O–H groups in total. The molecule has 0 radical (unpaired) electrons. The molecule has 0 spiro atoms. The Morgan fingerprint density at radius 1 is 1.22 bits per heavy atom. The van der Waals surface area contributed by atoms with Gasteiger partial charge in [-0.25, -0.2) is 4.98 Å². The van der Waals surface area contributed by atoms with Crippen LogP contribution in [0, 0.1) is 5.92 Å². The minimum Gasteiger partial charge on any atom is -0.352 e. The van der Waals surface area contributed by atoms with Crippen LogP contribution >= 0.6 is 0 Å². The van der Waals surface area contributed by atoms with Crippen molar-refractivity contribution in [1.29, 1.82) is 0 Å². The zero-order valence-corrected chi connectivity index (χ0v) is 14.9. The van der Waals surface area contributed by atoms with Crippen molar-refractivity contribution in [2.24, 2.45) is 5.92 Å². The Kier molecular flexibility index (Phi) is 7.09. The lowest BCUT2D eigenvalue weighted by Gasteiger charge is -2.25. The van der Waals surface area contributed by atoms with E-state index in [4.69, 9.17) is 0 Å². The van der Waals surface area contributed by atoms with E-state index in [9.17, 15) is 4.79 Å². The number of aromatic nitrogens is 2. The van der Waals surface area contributed by atoms with Gasteiger partial charge in [-0.1, -0.05) is 26.7 Å². The van der Waals surface area contributed by atoms with Gasteiger partial charge in [0.25, 0.3) is 0 Å². The minimum absolute atomic E-state index is 0.0407. The average molecular weight is 320 g/mol. The number of carbonyl (C=O) groups excluding carboxylic acids is 1. The number of amides is 1. The third-order valence-electron chi connectivity index (χ3n) is 4.66.